The van der Waals surface area contributed by atoms with Crippen LogP contribution < -0.4 is 0 Å². The highest BCUT2D eigenvalue weighted by molar-refractivity contribution is 6.03. The van der Waals surface area contributed by atoms with Gasteiger partial charge in [0.05, 0.1) is 11.6 Å². The van der Waals surface area contributed by atoms with Gasteiger partial charge in [0.2, 0.25) is 0 Å². The summed E-state index contributed by atoms with van der Waals surface area (Å²) >= 11 is 0. The van der Waals surface area contributed by atoms with Gasteiger partial charge >= 0.3 is 0 Å². The summed E-state index contributed by atoms with van der Waals surface area (Å²) in [6.45, 7) is 4.02. The Morgan fingerprint density at radius 3 is 2.63 bits per heavy atom. The fraction of sp³-hybridized carbons (Fsp3) is 0.294. The van der Waals surface area contributed by atoms with Gasteiger partial charge in [0.1, 0.15) is 0 Å². The summed E-state index contributed by atoms with van der Waals surface area (Å²) in [6, 6.07) is 10.1. The van der Waals surface area contributed by atoms with Gasteiger partial charge < -0.3 is 0 Å². The Labute approximate surface area is 113 Å². The highest BCUT2D eigenvalue weighted by atomic mass is 16.1. The van der Waals surface area contributed by atoms with Gasteiger partial charge in [-0.25, -0.2) is 0 Å². The van der Waals surface area contributed by atoms with Crippen molar-refractivity contribution in [1.82, 2.24) is 4.98 Å². The number of fused-ring (bicyclic) bond motifs is 1. The molecular weight excluding hydrogens is 234 g/mol. The molecule has 0 amide bonds. The number of carbonyl (C=O) groups is 1. The van der Waals surface area contributed by atoms with Gasteiger partial charge in [0.15, 0.2) is 5.78 Å². The van der Waals surface area contributed by atoms with Crippen LogP contribution in [0.5, 0.6) is 0 Å². The topological polar surface area (TPSA) is 30.0 Å². The molecule has 0 fully saturated rings. The normalized spacial score (nSPS) is 17.3. The molecule has 0 bridgehead atoms. The van der Waals surface area contributed by atoms with Crippen LogP contribution in [-0.4, -0.2) is 10.8 Å². The molecule has 96 valence electrons. The van der Waals surface area contributed by atoms with E-state index in [2.05, 4.69) is 11.1 Å². The minimum absolute atomic E-state index is 0.0593. The number of hydrogen-bond donors (Lipinski definition) is 0. The van der Waals surface area contributed by atoms with Crippen molar-refractivity contribution in [3.05, 3.63) is 64.5 Å². The maximum Gasteiger partial charge on any atom is 0.172 e. The summed E-state index contributed by atoms with van der Waals surface area (Å²) in [4.78, 5) is 17.2. The monoisotopic (exact) mass is 251 g/mol. The summed E-state index contributed by atoms with van der Waals surface area (Å²) in [5.74, 6) is 0.170. The van der Waals surface area contributed by atoms with E-state index in [1.807, 2.05) is 38.1 Å². The van der Waals surface area contributed by atoms with Crippen LogP contribution in [0.3, 0.4) is 0 Å². The second-order valence-electron chi connectivity index (χ2n) is 5.27. The highest BCUT2D eigenvalue weighted by Gasteiger charge is 2.31. The fourth-order valence-corrected chi connectivity index (χ4v) is 3.05. The second kappa shape index (κ2) is 4.61. The Morgan fingerprint density at radius 1 is 1.16 bits per heavy atom. The van der Waals surface area contributed by atoms with Crippen LogP contribution in [0.2, 0.25) is 0 Å². The quantitative estimate of drug-likeness (QED) is 0.763. The first-order valence-corrected chi connectivity index (χ1v) is 6.72. The molecule has 1 aliphatic rings. The largest absolute Gasteiger partial charge is 0.293 e. The van der Waals surface area contributed by atoms with Crippen molar-refractivity contribution in [1.29, 1.82) is 0 Å². The molecule has 1 aromatic heterocycles. The van der Waals surface area contributed by atoms with E-state index >= 15 is 0 Å². The van der Waals surface area contributed by atoms with Crippen LogP contribution in [0.4, 0.5) is 0 Å². The first-order valence-electron chi connectivity index (χ1n) is 6.72. The number of rotatable bonds is 2. The first-order chi connectivity index (χ1) is 9.18. The molecule has 1 atom stereocenters. The number of pyridine rings is 1. The zero-order chi connectivity index (χ0) is 13.4. The van der Waals surface area contributed by atoms with Crippen LogP contribution in [0.1, 0.15) is 45.1 Å². The second-order valence-corrected chi connectivity index (χ2v) is 5.27. The van der Waals surface area contributed by atoms with Gasteiger partial charge in [-0.1, -0.05) is 24.3 Å². The molecule has 2 nitrogen and oxygen atoms in total. The third-order valence-electron chi connectivity index (χ3n) is 4.00. The maximum atomic E-state index is 12.8. The van der Waals surface area contributed by atoms with Crippen LogP contribution in [0.15, 0.2) is 36.5 Å². The summed E-state index contributed by atoms with van der Waals surface area (Å²) in [5, 5.41) is 0. The van der Waals surface area contributed by atoms with Gasteiger partial charge in [0, 0.05) is 11.8 Å². The molecule has 0 saturated carbocycles. The number of aromatic nitrogens is 1. The molecule has 2 aromatic rings. The summed E-state index contributed by atoms with van der Waals surface area (Å²) in [7, 11) is 0. The summed E-state index contributed by atoms with van der Waals surface area (Å²) in [6.07, 6.45) is 3.64. The minimum atomic E-state index is -0.0593. The van der Waals surface area contributed by atoms with Crippen molar-refractivity contribution >= 4 is 5.78 Å². The third-order valence-corrected chi connectivity index (χ3v) is 4.00. The maximum absolute atomic E-state index is 12.8. The predicted molar refractivity (Wildman–Crippen MR) is 75.5 cm³/mol. The molecule has 0 saturated heterocycles. The van der Waals surface area contributed by atoms with E-state index in [0.29, 0.717) is 0 Å². The van der Waals surface area contributed by atoms with Crippen LogP contribution in [0, 0.1) is 13.8 Å². The molecule has 1 heterocycles. The van der Waals surface area contributed by atoms with Crippen molar-refractivity contribution in [2.24, 2.45) is 0 Å². The number of carbonyl (C=O) groups excluding carboxylic acids is 1. The van der Waals surface area contributed by atoms with Crippen molar-refractivity contribution in [2.75, 3.05) is 0 Å². The lowest BCUT2D eigenvalue weighted by molar-refractivity contribution is 0.0957. The van der Waals surface area contributed by atoms with Gasteiger partial charge in [-0.2, -0.15) is 0 Å². The number of aryl methyl sites for hydroxylation is 3. The Hall–Kier alpha value is -1.96. The summed E-state index contributed by atoms with van der Waals surface area (Å²) < 4.78 is 0. The predicted octanol–water partition coefficient (Wildman–Crippen LogP) is 3.61. The molecule has 0 N–H and O–H groups in total. The van der Waals surface area contributed by atoms with Gasteiger partial charge in [-0.15, -0.1) is 0 Å². The number of ketones is 1. The van der Waals surface area contributed by atoms with Gasteiger partial charge in [-0.3, -0.25) is 9.78 Å². The van der Waals surface area contributed by atoms with E-state index in [1.165, 1.54) is 5.56 Å². The van der Waals surface area contributed by atoms with Crippen LogP contribution in [-0.2, 0) is 6.42 Å². The molecule has 0 spiro atoms. The molecule has 0 radical (unpaired) electrons. The van der Waals surface area contributed by atoms with Crippen molar-refractivity contribution in [3.63, 3.8) is 0 Å². The number of benzene rings is 1. The SMILES string of the molecule is Cc1cccc(C)c1C(=O)C1CCc2cccnc21. The van der Waals surface area contributed by atoms with Gasteiger partial charge in [0.25, 0.3) is 0 Å². The number of hydrogen-bond acceptors (Lipinski definition) is 2. The molecule has 19 heavy (non-hydrogen) atoms. The Bertz CT molecular complexity index is 625. The Kier molecular flexibility index (Phi) is 2.94. The van der Waals surface area contributed by atoms with Crippen LogP contribution in [0.25, 0.3) is 0 Å². The Morgan fingerprint density at radius 2 is 1.89 bits per heavy atom. The smallest absolute Gasteiger partial charge is 0.172 e. The lowest BCUT2D eigenvalue weighted by Gasteiger charge is -2.13. The van der Waals surface area contributed by atoms with E-state index in [9.17, 15) is 4.79 Å². The standard InChI is InChI=1S/C17H17NO/c1-11-5-3-6-12(2)15(11)17(19)14-9-8-13-7-4-10-18-16(13)14/h3-7,10,14H,8-9H2,1-2H3. The van der Waals surface area contributed by atoms with Gasteiger partial charge in [-0.05, 0) is 49.4 Å². The fourth-order valence-electron chi connectivity index (χ4n) is 3.05. The molecule has 2 heteroatoms. The average molecular weight is 251 g/mol. The van der Waals surface area contributed by atoms with Crippen LogP contribution >= 0.6 is 0 Å². The highest BCUT2D eigenvalue weighted by Crippen LogP contribution is 2.35. The lowest BCUT2D eigenvalue weighted by atomic mass is 9.90. The molecule has 3 rings (SSSR count). The van der Waals surface area contributed by atoms with Crippen molar-refractivity contribution < 1.29 is 4.79 Å². The van der Waals surface area contributed by atoms with E-state index in [1.54, 1.807) is 6.20 Å². The van der Waals surface area contributed by atoms with Crippen molar-refractivity contribution in [2.45, 2.75) is 32.6 Å². The minimum Gasteiger partial charge on any atom is -0.293 e. The number of nitrogens with zero attached hydrogens (tertiary/aromatic N) is 1. The zero-order valence-electron chi connectivity index (χ0n) is 11.3. The summed E-state index contributed by atoms with van der Waals surface area (Å²) in [5.41, 5.74) is 5.22. The van der Waals surface area contributed by atoms with E-state index in [0.717, 1.165) is 35.2 Å². The Balaban J connectivity index is 2.03. The molecule has 1 unspecified atom stereocenters. The average Bonchev–Trinajstić information content (AvgIpc) is 2.82. The first kappa shape index (κ1) is 12.1. The number of Topliss-reactive ketones (excluding diaryl/α,β-unsaturated/α-hetero) is 1. The molecule has 1 aromatic carbocycles. The molecular formula is C17H17NO. The van der Waals surface area contributed by atoms with Crippen molar-refractivity contribution in [3.8, 4) is 0 Å². The van der Waals surface area contributed by atoms with E-state index in [-0.39, 0.29) is 11.7 Å². The zero-order valence-corrected chi connectivity index (χ0v) is 11.3. The van der Waals surface area contributed by atoms with E-state index in [4.69, 9.17) is 0 Å². The third kappa shape index (κ3) is 1.97. The lowest BCUT2D eigenvalue weighted by Crippen LogP contribution is -2.14. The van der Waals surface area contributed by atoms with E-state index < -0.39 is 0 Å². The molecule has 0 aliphatic heterocycles. The molecule has 1 aliphatic carbocycles.